The third-order valence-corrected chi connectivity index (χ3v) is 5.16. The van der Waals surface area contributed by atoms with Gasteiger partial charge in [0, 0.05) is 12.8 Å². The number of anilines is 1. The first-order valence-electron chi connectivity index (χ1n) is 6.71. The topological polar surface area (TPSA) is 92.7 Å². The summed E-state index contributed by atoms with van der Waals surface area (Å²) in [4.78, 5) is 10.7. The number of carbonyl (C=O) groups is 1. The van der Waals surface area contributed by atoms with Crippen molar-refractivity contribution < 1.29 is 23.1 Å². The number of rotatable bonds is 7. The van der Waals surface area contributed by atoms with Crippen molar-refractivity contribution in [1.29, 1.82) is 0 Å². The van der Waals surface area contributed by atoms with Crippen molar-refractivity contribution in [2.45, 2.75) is 31.3 Å². The smallest absolute Gasteiger partial charge is 0.307 e. The van der Waals surface area contributed by atoms with Gasteiger partial charge in [0.05, 0.1) is 17.8 Å². The van der Waals surface area contributed by atoms with Gasteiger partial charge in [0.15, 0.2) is 0 Å². The molecule has 0 aliphatic heterocycles. The normalized spacial score (nSPS) is 17.0. The molecule has 0 amide bonds. The average molecular weight is 313 g/mol. The van der Waals surface area contributed by atoms with Crippen LogP contribution in [0.5, 0.6) is 0 Å². The summed E-state index contributed by atoms with van der Waals surface area (Å²) in [6, 6.07) is 6.41. The van der Waals surface area contributed by atoms with Crippen molar-refractivity contribution >= 4 is 21.7 Å². The van der Waals surface area contributed by atoms with Crippen LogP contribution >= 0.6 is 0 Å². The maximum Gasteiger partial charge on any atom is 0.307 e. The Morgan fingerprint density at radius 3 is 2.67 bits per heavy atom. The summed E-state index contributed by atoms with van der Waals surface area (Å²) in [5.41, 5.74) is 0.344. The lowest BCUT2D eigenvalue weighted by Gasteiger charge is -2.39. The van der Waals surface area contributed by atoms with Gasteiger partial charge in [-0.15, -0.1) is 0 Å². The number of carboxylic acids is 1. The minimum atomic E-state index is -3.53. The minimum Gasteiger partial charge on any atom is -0.481 e. The van der Waals surface area contributed by atoms with Crippen LogP contribution in [0.3, 0.4) is 0 Å². The molecule has 0 saturated heterocycles. The highest BCUT2D eigenvalue weighted by atomic mass is 32.2. The van der Waals surface area contributed by atoms with Gasteiger partial charge < -0.3 is 9.84 Å². The van der Waals surface area contributed by atoms with Crippen LogP contribution < -0.4 is 4.72 Å². The quantitative estimate of drug-likeness (QED) is 0.798. The van der Waals surface area contributed by atoms with Crippen LogP contribution in [-0.2, 0) is 26.0 Å². The van der Waals surface area contributed by atoms with E-state index in [1.807, 2.05) is 0 Å². The van der Waals surface area contributed by atoms with Crippen LogP contribution in [-0.4, -0.2) is 38.0 Å². The molecular weight excluding hydrogens is 294 g/mol. The number of hydrogen-bond acceptors (Lipinski definition) is 4. The molecule has 116 valence electrons. The number of methoxy groups -OCH3 is 1. The SMILES string of the molecule is COC1(CS(=O)(=O)Nc2cccc(CC(=O)O)c2)CCC1. The molecule has 0 aromatic heterocycles. The highest BCUT2D eigenvalue weighted by Gasteiger charge is 2.41. The highest BCUT2D eigenvalue weighted by molar-refractivity contribution is 7.92. The third-order valence-electron chi connectivity index (χ3n) is 3.71. The van der Waals surface area contributed by atoms with E-state index in [9.17, 15) is 13.2 Å². The van der Waals surface area contributed by atoms with Gasteiger partial charge in [-0.1, -0.05) is 12.1 Å². The lowest BCUT2D eigenvalue weighted by Crippen LogP contribution is -2.46. The summed E-state index contributed by atoms with van der Waals surface area (Å²) in [6.45, 7) is 0. The molecule has 0 heterocycles. The largest absolute Gasteiger partial charge is 0.481 e. The lowest BCUT2D eigenvalue weighted by molar-refractivity contribution is -0.136. The Morgan fingerprint density at radius 1 is 1.43 bits per heavy atom. The van der Waals surface area contributed by atoms with Crippen LogP contribution in [0.2, 0.25) is 0 Å². The van der Waals surface area contributed by atoms with E-state index in [2.05, 4.69) is 4.72 Å². The van der Waals surface area contributed by atoms with Crippen molar-refractivity contribution in [3.8, 4) is 0 Å². The number of benzene rings is 1. The van der Waals surface area contributed by atoms with Crippen molar-refractivity contribution in [2.75, 3.05) is 17.6 Å². The molecule has 0 radical (unpaired) electrons. The Bertz CT molecular complexity index is 616. The first-order chi connectivity index (χ1) is 9.84. The Kier molecular flexibility index (Phi) is 4.53. The fraction of sp³-hybridized carbons (Fsp3) is 0.500. The van der Waals surface area contributed by atoms with Crippen LogP contribution in [0.1, 0.15) is 24.8 Å². The molecule has 0 bridgehead atoms. The monoisotopic (exact) mass is 313 g/mol. The summed E-state index contributed by atoms with van der Waals surface area (Å²) in [5, 5.41) is 8.76. The second-order valence-electron chi connectivity index (χ2n) is 5.37. The van der Waals surface area contributed by atoms with Crippen molar-refractivity contribution in [3.05, 3.63) is 29.8 Å². The van der Waals surface area contributed by atoms with Crippen LogP contribution in [0.15, 0.2) is 24.3 Å². The maximum atomic E-state index is 12.2. The van der Waals surface area contributed by atoms with E-state index < -0.39 is 21.6 Å². The first-order valence-corrected chi connectivity index (χ1v) is 8.36. The molecule has 1 aromatic carbocycles. The van der Waals surface area contributed by atoms with E-state index in [0.29, 0.717) is 11.3 Å². The molecule has 1 aromatic rings. The van der Waals surface area contributed by atoms with Crippen molar-refractivity contribution in [3.63, 3.8) is 0 Å². The number of hydrogen-bond donors (Lipinski definition) is 2. The second kappa shape index (κ2) is 6.03. The minimum absolute atomic E-state index is 0.0837. The van der Waals surface area contributed by atoms with E-state index >= 15 is 0 Å². The van der Waals surface area contributed by atoms with Crippen LogP contribution in [0.25, 0.3) is 0 Å². The highest BCUT2D eigenvalue weighted by Crippen LogP contribution is 2.36. The van der Waals surface area contributed by atoms with Gasteiger partial charge >= 0.3 is 5.97 Å². The molecule has 0 spiro atoms. The molecule has 7 heteroatoms. The third kappa shape index (κ3) is 4.18. The Balaban J connectivity index is 2.07. The number of ether oxygens (including phenoxy) is 1. The van der Waals surface area contributed by atoms with Gasteiger partial charge in [0.2, 0.25) is 10.0 Å². The fourth-order valence-electron chi connectivity index (χ4n) is 2.46. The van der Waals surface area contributed by atoms with Gasteiger partial charge in [-0.2, -0.15) is 0 Å². The zero-order chi connectivity index (χ0) is 15.5. The van der Waals surface area contributed by atoms with E-state index in [4.69, 9.17) is 9.84 Å². The fourth-order valence-corrected chi connectivity index (χ4v) is 4.12. The number of aliphatic carboxylic acids is 1. The van der Waals surface area contributed by atoms with Gasteiger partial charge in [-0.25, -0.2) is 8.42 Å². The molecule has 1 aliphatic rings. The molecule has 6 nitrogen and oxygen atoms in total. The standard InChI is InChI=1S/C14H19NO5S/c1-20-14(6-3-7-14)10-21(18,19)15-12-5-2-4-11(8-12)9-13(16)17/h2,4-5,8,15H,3,6-7,9-10H2,1H3,(H,16,17). The van der Waals surface area contributed by atoms with E-state index in [-0.39, 0.29) is 12.2 Å². The van der Waals surface area contributed by atoms with E-state index in [1.165, 1.54) is 13.2 Å². The second-order valence-corrected chi connectivity index (χ2v) is 7.10. The van der Waals surface area contributed by atoms with Crippen molar-refractivity contribution in [2.24, 2.45) is 0 Å². The summed E-state index contributed by atoms with van der Waals surface area (Å²) in [7, 11) is -2.00. The van der Waals surface area contributed by atoms with Crippen LogP contribution in [0.4, 0.5) is 5.69 Å². The molecule has 2 N–H and O–H groups in total. The van der Waals surface area contributed by atoms with Gasteiger partial charge in [-0.05, 0) is 37.0 Å². The number of sulfonamides is 1. The Morgan fingerprint density at radius 2 is 2.14 bits per heavy atom. The maximum absolute atomic E-state index is 12.2. The van der Waals surface area contributed by atoms with Gasteiger partial charge in [0.25, 0.3) is 0 Å². The van der Waals surface area contributed by atoms with Gasteiger partial charge in [0.1, 0.15) is 0 Å². The van der Waals surface area contributed by atoms with Crippen LogP contribution in [0, 0.1) is 0 Å². The average Bonchev–Trinajstić information content (AvgIpc) is 2.33. The first kappa shape index (κ1) is 15.8. The molecule has 21 heavy (non-hydrogen) atoms. The summed E-state index contributed by atoms with van der Waals surface area (Å²) >= 11 is 0. The zero-order valence-corrected chi connectivity index (χ0v) is 12.6. The van der Waals surface area contributed by atoms with Crippen molar-refractivity contribution in [1.82, 2.24) is 0 Å². The zero-order valence-electron chi connectivity index (χ0n) is 11.8. The number of carboxylic acid groups (broad SMARTS) is 1. The Labute approximate surface area is 124 Å². The predicted octanol–water partition coefficient (Wildman–Crippen LogP) is 1.62. The van der Waals surface area contributed by atoms with E-state index in [1.54, 1.807) is 18.2 Å². The molecule has 0 atom stereocenters. The molecular formula is C14H19NO5S. The Hall–Kier alpha value is -1.60. The molecule has 2 rings (SSSR count). The molecule has 1 aliphatic carbocycles. The summed E-state index contributed by atoms with van der Waals surface area (Å²) in [5.74, 6) is -1.04. The summed E-state index contributed by atoms with van der Waals surface area (Å²) in [6.07, 6.45) is 2.31. The number of nitrogens with one attached hydrogen (secondary N) is 1. The molecule has 1 saturated carbocycles. The van der Waals surface area contributed by atoms with Gasteiger partial charge in [-0.3, -0.25) is 9.52 Å². The molecule has 1 fully saturated rings. The predicted molar refractivity (Wildman–Crippen MR) is 78.8 cm³/mol. The lowest BCUT2D eigenvalue weighted by atomic mass is 9.82. The molecule has 0 unspecified atom stereocenters. The van der Waals surface area contributed by atoms with E-state index in [0.717, 1.165) is 19.3 Å². The summed E-state index contributed by atoms with van der Waals surface area (Å²) < 4.78 is 32.2.